The van der Waals surface area contributed by atoms with Gasteiger partial charge in [0.2, 0.25) is 0 Å². The van der Waals surface area contributed by atoms with Gasteiger partial charge < -0.3 is 10.1 Å². The van der Waals surface area contributed by atoms with Gasteiger partial charge in [0.1, 0.15) is 5.82 Å². The standard InChI is InChI=1S/C23H22N4O3S/c1-16-14-20(27(26-16)17-8-3-2-4-9-17)25-21(28)15-30-23(29)13-7-12-22-24-18-10-5-6-11-19(18)31-22/h2-6,8-11,14H,7,12-13,15H2,1H3,(H,25,28). The van der Waals surface area contributed by atoms with E-state index >= 15 is 0 Å². The van der Waals surface area contributed by atoms with Crippen molar-refractivity contribution in [2.45, 2.75) is 26.2 Å². The van der Waals surface area contributed by atoms with Crippen LogP contribution in [0.3, 0.4) is 0 Å². The summed E-state index contributed by atoms with van der Waals surface area (Å²) in [5.74, 6) is -0.277. The van der Waals surface area contributed by atoms with E-state index in [1.165, 1.54) is 0 Å². The first-order valence-corrected chi connectivity index (χ1v) is 10.8. The maximum atomic E-state index is 12.3. The number of para-hydroxylation sites is 2. The average molecular weight is 435 g/mol. The van der Waals surface area contributed by atoms with E-state index in [4.69, 9.17) is 4.74 Å². The molecule has 0 saturated carbocycles. The minimum atomic E-state index is -0.406. The molecule has 8 heteroatoms. The molecule has 2 aromatic heterocycles. The Balaban J connectivity index is 1.24. The number of fused-ring (bicyclic) bond motifs is 1. The Kier molecular flexibility index (Phi) is 6.37. The van der Waals surface area contributed by atoms with Gasteiger partial charge in [0.25, 0.3) is 5.91 Å². The van der Waals surface area contributed by atoms with E-state index in [0.717, 1.165) is 26.6 Å². The molecule has 1 amide bonds. The number of rotatable bonds is 8. The minimum absolute atomic E-state index is 0.240. The van der Waals surface area contributed by atoms with Crippen molar-refractivity contribution in [3.63, 3.8) is 0 Å². The van der Waals surface area contributed by atoms with Gasteiger partial charge >= 0.3 is 5.97 Å². The number of nitrogens with one attached hydrogen (secondary N) is 1. The fourth-order valence-corrected chi connectivity index (χ4v) is 4.17. The van der Waals surface area contributed by atoms with Crippen molar-refractivity contribution in [2.24, 2.45) is 0 Å². The summed E-state index contributed by atoms with van der Waals surface area (Å²) in [6, 6.07) is 19.2. The van der Waals surface area contributed by atoms with Crippen molar-refractivity contribution in [2.75, 3.05) is 11.9 Å². The third kappa shape index (κ3) is 5.35. The lowest BCUT2D eigenvalue weighted by Gasteiger charge is -2.09. The molecule has 0 aliphatic heterocycles. The predicted octanol–water partition coefficient (Wildman–Crippen LogP) is 4.30. The largest absolute Gasteiger partial charge is 0.456 e. The minimum Gasteiger partial charge on any atom is -0.456 e. The first kappa shape index (κ1) is 20.7. The molecule has 0 unspecified atom stereocenters. The first-order valence-electron chi connectivity index (χ1n) is 10.0. The van der Waals surface area contributed by atoms with Gasteiger partial charge in [-0.3, -0.25) is 9.59 Å². The van der Waals surface area contributed by atoms with Crippen LogP contribution in [0.1, 0.15) is 23.5 Å². The first-order chi connectivity index (χ1) is 15.1. The molecule has 0 aliphatic rings. The monoisotopic (exact) mass is 434 g/mol. The molecule has 4 rings (SSSR count). The van der Waals surface area contributed by atoms with E-state index in [0.29, 0.717) is 18.7 Å². The normalized spacial score (nSPS) is 10.9. The number of aryl methyl sites for hydroxylation is 2. The molecular weight excluding hydrogens is 412 g/mol. The quantitative estimate of drug-likeness (QED) is 0.418. The second kappa shape index (κ2) is 9.53. The summed E-state index contributed by atoms with van der Waals surface area (Å²) in [5.41, 5.74) is 2.58. The smallest absolute Gasteiger partial charge is 0.306 e. The summed E-state index contributed by atoms with van der Waals surface area (Å²) in [5, 5.41) is 8.16. The highest BCUT2D eigenvalue weighted by molar-refractivity contribution is 7.18. The fourth-order valence-electron chi connectivity index (χ4n) is 3.16. The van der Waals surface area contributed by atoms with E-state index in [-0.39, 0.29) is 13.0 Å². The van der Waals surface area contributed by atoms with E-state index in [1.54, 1.807) is 22.1 Å². The Bertz CT molecular complexity index is 1170. The van der Waals surface area contributed by atoms with Crippen LogP contribution >= 0.6 is 11.3 Å². The summed E-state index contributed by atoms with van der Waals surface area (Å²) in [7, 11) is 0. The number of thiazole rings is 1. The van der Waals surface area contributed by atoms with E-state index in [1.807, 2.05) is 61.5 Å². The number of carbonyl (C=O) groups excluding carboxylic acids is 2. The molecule has 0 bridgehead atoms. The number of hydrogen-bond acceptors (Lipinski definition) is 6. The zero-order valence-electron chi connectivity index (χ0n) is 17.1. The number of benzene rings is 2. The van der Waals surface area contributed by atoms with Crippen LogP contribution in [-0.2, 0) is 20.7 Å². The second-order valence-electron chi connectivity index (χ2n) is 7.06. The number of carbonyl (C=O) groups is 2. The van der Waals surface area contributed by atoms with Gasteiger partial charge in [-0.1, -0.05) is 30.3 Å². The Morgan fingerprint density at radius 2 is 1.87 bits per heavy atom. The van der Waals surface area contributed by atoms with E-state index < -0.39 is 11.9 Å². The van der Waals surface area contributed by atoms with E-state index in [2.05, 4.69) is 15.4 Å². The summed E-state index contributed by atoms with van der Waals surface area (Å²) in [6.07, 6.45) is 1.57. The van der Waals surface area contributed by atoms with Crippen molar-refractivity contribution in [3.05, 3.63) is 71.4 Å². The number of anilines is 1. The zero-order valence-corrected chi connectivity index (χ0v) is 17.9. The number of esters is 1. The highest BCUT2D eigenvalue weighted by Crippen LogP contribution is 2.22. The van der Waals surface area contributed by atoms with Crippen LogP contribution in [0.25, 0.3) is 15.9 Å². The summed E-state index contributed by atoms with van der Waals surface area (Å²) in [4.78, 5) is 28.8. The molecule has 7 nitrogen and oxygen atoms in total. The lowest BCUT2D eigenvalue weighted by Crippen LogP contribution is -2.22. The molecule has 4 aromatic rings. The molecule has 1 N–H and O–H groups in total. The third-order valence-corrected chi connectivity index (χ3v) is 5.67. The van der Waals surface area contributed by atoms with Crippen LogP contribution in [0.5, 0.6) is 0 Å². The lowest BCUT2D eigenvalue weighted by atomic mass is 10.2. The van der Waals surface area contributed by atoms with Crippen LogP contribution in [0.15, 0.2) is 60.7 Å². The van der Waals surface area contributed by atoms with Gasteiger partial charge in [0, 0.05) is 12.5 Å². The van der Waals surface area contributed by atoms with Gasteiger partial charge in [0.05, 0.1) is 26.6 Å². The molecular formula is C23H22N4O3S. The third-order valence-electron chi connectivity index (χ3n) is 4.57. The Labute approximate surface area is 183 Å². The van der Waals surface area contributed by atoms with Crippen LogP contribution in [0.2, 0.25) is 0 Å². The molecule has 2 aromatic carbocycles. The van der Waals surface area contributed by atoms with Gasteiger partial charge in [-0.2, -0.15) is 5.10 Å². The second-order valence-corrected chi connectivity index (χ2v) is 8.17. The van der Waals surface area contributed by atoms with Gasteiger partial charge in [-0.05, 0) is 44.0 Å². The molecule has 0 saturated heterocycles. The molecule has 2 heterocycles. The highest BCUT2D eigenvalue weighted by Gasteiger charge is 2.13. The molecule has 0 spiro atoms. The van der Waals surface area contributed by atoms with Crippen molar-refractivity contribution in [3.8, 4) is 5.69 Å². The van der Waals surface area contributed by atoms with Gasteiger partial charge in [-0.15, -0.1) is 11.3 Å². The van der Waals surface area contributed by atoms with Crippen molar-refractivity contribution < 1.29 is 14.3 Å². The fraction of sp³-hybridized carbons (Fsp3) is 0.217. The number of amides is 1. The average Bonchev–Trinajstić information content (AvgIpc) is 3.35. The highest BCUT2D eigenvalue weighted by atomic mass is 32.1. The molecule has 158 valence electrons. The number of aromatic nitrogens is 3. The maximum Gasteiger partial charge on any atom is 0.306 e. The van der Waals surface area contributed by atoms with Crippen LogP contribution in [-0.4, -0.2) is 33.2 Å². The van der Waals surface area contributed by atoms with Gasteiger partial charge in [0.15, 0.2) is 6.61 Å². The van der Waals surface area contributed by atoms with Crippen molar-refractivity contribution >= 4 is 39.2 Å². The molecule has 0 aliphatic carbocycles. The Morgan fingerprint density at radius 1 is 1.10 bits per heavy atom. The maximum absolute atomic E-state index is 12.3. The summed E-state index contributed by atoms with van der Waals surface area (Å²) < 4.78 is 7.91. The summed E-state index contributed by atoms with van der Waals surface area (Å²) >= 11 is 1.63. The van der Waals surface area contributed by atoms with Crippen LogP contribution in [0, 0.1) is 6.92 Å². The molecule has 0 radical (unpaired) electrons. The lowest BCUT2D eigenvalue weighted by molar-refractivity contribution is -0.147. The molecule has 0 atom stereocenters. The number of nitrogens with zero attached hydrogens (tertiary/aromatic N) is 3. The van der Waals surface area contributed by atoms with E-state index in [9.17, 15) is 9.59 Å². The van der Waals surface area contributed by atoms with Crippen LogP contribution in [0.4, 0.5) is 5.82 Å². The Morgan fingerprint density at radius 3 is 2.68 bits per heavy atom. The van der Waals surface area contributed by atoms with Gasteiger partial charge in [-0.25, -0.2) is 9.67 Å². The topological polar surface area (TPSA) is 86.1 Å². The number of ether oxygens (including phenoxy) is 1. The summed E-state index contributed by atoms with van der Waals surface area (Å²) in [6.45, 7) is 1.51. The SMILES string of the molecule is Cc1cc(NC(=O)COC(=O)CCCc2nc3ccccc3s2)n(-c2ccccc2)n1. The zero-order chi connectivity index (χ0) is 21.6. The molecule has 0 fully saturated rings. The van der Waals surface area contributed by atoms with Crippen molar-refractivity contribution in [1.82, 2.24) is 14.8 Å². The Hall–Kier alpha value is -3.52. The number of hydrogen-bond donors (Lipinski definition) is 1. The van der Waals surface area contributed by atoms with Crippen molar-refractivity contribution in [1.29, 1.82) is 0 Å². The molecule has 31 heavy (non-hydrogen) atoms. The predicted molar refractivity (Wildman–Crippen MR) is 120 cm³/mol. The van der Waals surface area contributed by atoms with Crippen LogP contribution < -0.4 is 5.32 Å².